The number of amidine groups is 1. The van der Waals surface area contributed by atoms with E-state index in [0.717, 1.165) is 0 Å². The van der Waals surface area contributed by atoms with Crippen LogP contribution in [-0.2, 0) is 19.1 Å². The molecule has 10 nitrogen and oxygen atoms in total. The molecule has 0 radical (unpaired) electrons. The summed E-state index contributed by atoms with van der Waals surface area (Å²) in [6.45, 7) is 7.01. The fourth-order valence-electron chi connectivity index (χ4n) is 2.41. The first-order valence-corrected chi connectivity index (χ1v) is 8.18. The third-order valence-electron chi connectivity index (χ3n) is 3.63. The van der Waals surface area contributed by atoms with Crippen molar-refractivity contribution in [3.05, 3.63) is 0 Å². The predicted octanol–water partition coefficient (Wildman–Crippen LogP) is -0.474. The van der Waals surface area contributed by atoms with E-state index in [1.54, 1.807) is 4.90 Å². The van der Waals surface area contributed by atoms with Crippen LogP contribution in [0.5, 0.6) is 0 Å². The van der Waals surface area contributed by atoms with E-state index < -0.39 is 11.9 Å². The fourth-order valence-corrected chi connectivity index (χ4v) is 2.41. The van der Waals surface area contributed by atoms with Gasteiger partial charge in [-0.1, -0.05) is 20.8 Å². The average molecular weight is 389 g/mol. The monoisotopic (exact) mass is 388 g/mol. The molecule has 2 unspecified atom stereocenters. The molecule has 26 heavy (non-hydrogen) atoms. The van der Waals surface area contributed by atoms with E-state index in [1.807, 2.05) is 20.8 Å². The van der Waals surface area contributed by atoms with Crippen molar-refractivity contribution in [3.63, 3.8) is 0 Å². The first-order chi connectivity index (χ1) is 11.9. The Bertz CT molecular complexity index is 607. The van der Waals surface area contributed by atoms with Gasteiger partial charge in [-0.2, -0.15) is 9.98 Å². The summed E-state index contributed by atoms with van der Waals surface area (Å²) >= 11 is 0. The maximum atomic E-state index is 12.0. The molecule has 0 saturated carbocycles. The minimum absolute atomic E-state index is 0. The van der Waals surface area contributed by atoms with Gasteiger partial charge in [0.25, 0.3) is 5.91 Å². The van der Waals surface area contributed by atoms with Gasteiger partial charge in [-0.15, -0.1) is 12.4 Å². The van der Waals surface area contributed by atoms with Gasteiger partial charge in [0.1, 0.15) is 19.4 Å². The first kappa shape index (κ1) is 22.0. The quantitative estimate of drug-likeness (QED) is 0.403. The second-order valence-corrected chi connectivity index (χ2v) is 5.90. The van der Waals surface area contributed by atoms with E-state index in [-0.39, 0.29) is 56.2 Å². The van der Waals surface area contributed by atoms with Crippen LogP contribution in [0.3, 0.4) is 0 Å². The van der Waals surface area contributed by atoms with Crippen LogP contribution in [0.1, 0.15) is 20.8 Å². The van der Waals surface area contributed by atoms with Crippen LogP contribution in [0.25, 0.3) is 0 Å². The zero-order valence-electron chi connectivity index (χ0n) is 15.0. The highest BCUT2D eigenvalue weighted by Crippen LogP contribution is 2.13. The highest BCUT2D eigenvalue weighted by molar-refractivity contribution is 6.21. The molecule has 146 valence electrons. The number of amides is 1. The Labute approximate surface area is 158 Å². The SMILES string of the molecule is CCNC(C(=O)OCCOCN1C=NC2C(=O)N=C(N)N=C21)C(C)C.Cl. The third kappa shape index (κ3) is 5.48. The highest BCUT2D eigenvalue weighted by Gasteiger charge is 2.35. The van der Waals surface area contributed by atoms with E-state index >= 15 is 0 Å². The topological polar surface area (TPSA) is 131 Å². The lowest BCUT2D eigenvalue weighted by molar-refractivity contribution is -0.149. The smallest absolute Gasteiger partial charge is 0.323 e. The van der Waals surface area contributed by atoms with Crippen molar-refractivity contribution in [3.8, 4) is 0 Å². The molecule has 0 aromatic heterocycles. The lowest BCUT2D eigenvalue weighted by Gasteiger charge is -2.21. The van der Waals surface area contributed by atoms with Gasteiger partial charge in [0.05, 0.1) is 12.9 Å². The van der Waals surface area contributed by atoms with Crippen molar-refractivity contribution in [2.45, 2.75) is 32.9 Å². The molecule has 2 rings (SSSR count). The molecule has 11 heteroatoms. The molecule has 1 amide bonds. The molecule has 2 atom stereocenters. The number of nitrogens with two attached hydrogens (primary N) is 1. The van der Waals surface area contributed by atoms with Crippen molar-refractivity contribution < 1.29 is 19.1 Å². The summed E-state index contributed by atoms with van der Waals surface area (Å²) in [5, 5.41) is 3.10. The van der Waals surface area contributed by atoms with Crippen molar-refractivity contribution in [2.75, 3.05) is 26.5 Å². The molecule has 2 aliphatic rings. The highest BCUT2D eigenvalue weighted by atomic mass is 35.5. The Morgan fingerprint density at radius 2 is 2.12 bits per heavy atom. The number of likely N-dealkylation sites (N-methyl/N-ethyl adjacent to an activating group) is 1. The molecule has 3 N–H and O–H groups in total. The number of carbonyl (C=O) groups is 2. The summed E-state index contributed by atoms with van der Waals surface area (Å²) in [4.78, 5) is 36.8. The Balaban J connectivity index is 0.00000338. The number of nitrogens with one attached hydrogen (secondary N) is 1. The molecule has 2 heterocycles. The molecule has 0 spiro atoms. The van der Waals surface area contributed by atoms with Crippen LogP contribution in [0.2, 0.25) is 0 Å². The Kier molecular flexibility index (Phi) is 8.62. The molecular weight excluding hydrogens is 364 g/mol. The molecule has 0 fully saturated rings. The number of guanidine groups is 1. The molecule has 0 aliphatic carbocycles. The van der Waals surface area contributed by atoms with E-state index in [4.69, 9.17) is 15.2 Å². The van der Waals surface area contributed by atoms with Crippen LogP contribution in [0, 0.1) is 5.92 Å². The van der Waals surface area contributed by atoms with Gasteiger partial charge in [0.2, 0.25) is 5.96 Å². The van der Waals surface area contributed by atoms with Gasteiger partial charge in [-0.3, -0.25) is 19.5 Å². The number of nitrogens with zero attached hydrogens (tertiary/aromatic N) is 4. The van der Waals surface area contributed by atoms with Crippen molar-refractivity contribution in [2.24, 2.45) is 26.6 Å². The van der Waals surface area contributed by atoms with E-state index in [1.165, 1.54) is 6.34 Å². The minimum Gasteiger partial charge on any atom is -0.462 e. The van der Waals surface area contributed by atoms with E-state index in [0.29, 0.717) is 12.4 Å². The second kappa shape index (κ2) is 10.2. The standard InChI is InChI=1S/C15H24N6O4.ClH/c1-4-17-10(9(2)3)14(23)25-6-5-24-8-21-7-18-11-12(21)19-15(16)20-13(11)22;/h7,9-11,17H,4-6,8H2,1-3H3,(H2,16,20,22);1H. The molecule has 0 aromatic rings. The third-order valence-corrected chi connectivity index (χ3v) is 3.63. The van der Waals surface area contributed by atoms with Crippen LogP contribution < -0.4 is 11.1 Å². The molecular formula is C15H25ClN6O4. The van der Waals surface area contributed by atoms with Gasteiger partial charge < -0.3 is 20.5 Å². The van der Waals surface area contributed by atoms with Gasteiger partial charge >= 0.3 is 5.97 Å². The fraction of sp³-hybridized carbons (Fsp3) is 0.667. The second-order valence-electron chi connectivity index (χ2n) is 5.90. The van der Waals surface area contributed by atoms with Crippen LogP contribution in [-0.4, -0.2) is 73.5 Å². The molecule has 0 aromatic carbocycles. The lowest BCUT2D eigenvalue weighted by atomic mass is 10.1. The predicted molar refractivity (Wildman–Crippen MR) is 99.5 cm³/mol. The van der Waals surface area contributed by atoms with E-state index in [9.17, 15) is 9.59 Å². The maximum absolute atomic E-state index is 12.0. The zero-order chi connectivity index (χ0) is 18.4. The van der Waals surface area contributed by atoms with Gasteiger partial charge in [0.15, 0.2) is 11.9 Å². The Hall–Kier alpha value is -2.04. The summed E-state index contributed by atoms with van der Waals surface area (Å²) in [6.07, 6.45) is 1.46. The normalized spacial score (nSPS) is 19.6. The van der Waals surface area contributed by atoms with E-state index in [2.05, 4.69) is 20.3 Å². The summed E-state index contributed by atoms with van der Waals surface area (Å²) in [7, 11) is 0. The maximum Gasteiger partial charge on any atom is 0.323 e. The first-order valence-electron chi connectivity index (χ1n) is 8.18. The number of esters is 1. The zero-order valence-corrected chi connectivity index (χ0v) is 15.9. The van der Waals surface area contributed by atoms with Crippen molar-refractivity contribution in [1.29, 1.82) is 0 Å². The van der Waals surface area contributed by atoms with Crippen LogP contribution in [0.15, 0.2) is 15.0 Å². The molecule has 0 bridgehead atoms. The average Bonchev–Trinajstić information content (AvgIpc) is 2.95. The number of hydrogen-bond donors (Lipinski definition) is 2. The van der Waals surface area contributed by atoms with Gasteiger partial charge in [0, 0.05) is 0 Å². The largest absolute Gasteiger partial charge is 0.462 e. The van der Waals surface area contributed by atoms with Gasteiger partial charge in [-0.25, -0.2) is 0 Å². The minimum atomic E-state index is -0.749. The lowest BCUT2D eigenvalue weighted by Crippen LogP contribution is -2.42. The van der Waals surface area contributed by atoms with Crippen molar-refractivity contribution in [1.82, 2.24) is 10.2 Å². The summed E-state index contributed by atoms with van der Waals surface area (Å²) in [5.74, 6) is -0.307. The number of fused-ring (bicyclic) bond motifs is 1. The Morgan fingerprint density at radius 3 is 2.77 bits per heavy atom. The number of halogens is 1. The summed E-state index contributed by atoms with van der Waals surface area (Å²) in [6, 6.07) is -1.08. The van der Waals surface area contributed by atoms with Crippen LogP contribution in [0.4, 0.5) is 0 Å². The Morgan fingerprint density at radius 1 is 1.38 bits per heavy atom. The molecule has 2 aliphatic heterocycles. The van der Waals surface area contributed by atoms with Crippen molar-refractivity contribution >= 4 is 42.4 Å². The summed E-state index contributed by atoms with van der Waals surface area (Å²) < 4.78 is 10.7. The number of carbonyl (C=O) groups excluding carboxylic acids is 2. The number of aliphatic imine (C=N–C) groups is 3. The summed E-state index contributed by atoms with van der Waals surface area (Å²) in [5.41, 5.74) is 5.49. The number of rotatable bonds is 9. The number of hydrogen-bond acceptors (Lipinski definition) is 9. The molecule has 0 saturated heterocycles. The number of ether oxygens (including phenoxy) is 2. The van der Waals surface area contributed by atoms with Crippen LogP contribution >= 0.6 is 12.4 Å². The van der Waals surface area contributed by atoms with Gasteiger partial charge in [-0.05, 0) is 12.5 Å².